The molecule has 0 saturated carbocycles. The van der Waals surface area contributed by atoms with Crippen molar-refractivity contribution in [3.05, 3.63) is 0 Å². The van der Waals surface area contributed by atoms with Gasteiger partial charge in [0.2, 0.25) is 6.29 Å². The predicted octanol–water partition coefficient (Wildman–Crippen LogP) is -0.141. The normalized spacial score (nSPS) is 10.8. The van der Waals surface area contributed by atoms with Crippen molar-refractivity contribution < 1.29 is 50.3 Å². The summed E-state index contributed by atoms with van der Waals surface area (Å²) in [6.45, 7) is 8.96. The van der Waals surface area contributed by atoms with E-state index in [9.17, 15) is 9.59 Å². The minimum absolute atomic E-state index is 0. The summed E-state index contributed by atoms with van der Waals surface area (Å²) in [7, 11) is 0. The van der Waals surface area contributed by atoms with Crippen molar-refractivity contribution in [3.8, 4) is 0 Å². The van der Waals surface area contributed by atoms with Gasteiger partial charge < -0.3 is 18.9 Å². The SMILES string of the molecule is CCOC(OCC)C(=O)C(OCC)(OCC)C(C)=O.[SnH4].[Ti]. The van der Waals surface area contributed by atoms with Crippen LogP contribution < -0.4 is 0 Å². The molecule has 0 atom stereocenters. The third-order valence-corrected chi connectivity index (χ3v) is 2.33. The summed E-state index contributed by atoms with van der Waals surface area (Å²) in [5.74, 6) is -3.13. The molecular weight excluding hydrogens is 419 g/mol. The van der Waals surface area contributed by atoms with E-state index in [1.807, 2.05) is 0 Å². The molecule has 0 bridgehead atoms. The monoisotopic (exact) mass is 448 g/mol. The second-order valence-electron chi connectivity index (χ2n) is 3.65. The molecule has 21 heavy (non-hydrogen) atoms. The third kappa shape index (κ3) is 7.68. The van der Waals surface area contributed by atoms with Gasteiger partial charge in [-0.25, -0.2) is 0 Å². The van der Waals surface area contributed by atoms with Crippen molar-refractivity contribution in [2.45, 2.75) is 46.7 Å². The Morgan fingerprint density at radius 1 is 0.905 bits per heavy atom. The quantitative estimate of drug-likeness (QED) is 0.250. The van der Waals surface area contributed by atoms with Gasteiger partial charge in [0.05, 0.1) is 0 Å². The zero-order valence-electron chi connectivity index (χ0n) is 12.9. The van der Waals surface area contributed by atoms with Gasteiger partial charge in [0, 0.05) is 55.1 Å². The summed E-state index contributed by atoms with van der Waals surface area (Å²) in [6.07, 6.45) is -1.17. The van der Waals surface area contributed by atoms with Crippen molar-refractivity contribution in [1.82, 2.24) is 0 Å². The molecule has 0 aliphatic carbocycles. The number of carbonyl (C=O) groups is 2. The van der Waals surface area contributed by atoms with Crippen molar-refractivity contribution in [2.75, 3.05) is 26.4 Å². The smallest absolute Gasteiger partial charge is 0 e. The Kier molecular flexibility index (Phi) is 18.1. The molecule has 0 unspecified atom stereocenters. The van der Waals surface area contributed by atoms with Crippen molar-refractivity contribution in [3.63, 3.8) is 0 Å². The van der Waals surface area contributed by atoms with Crippen LogP contribution in [0.3, 0.4) is 0 Å². The predicted molar refractivity (Wildman–Crippen MR) is 80.0 cm³/mol. The van der Waals surface area contributed by atoms with Crippen LogP contribution in [0.2, 0.25) is 0 Å². The minimum Gasteiger partial charge on any atom is 0 e. The van der Waals surface area contributed by atoms with Crippen molar-refractivity contribution >= 4 is 35.5 Å². The minimum atomic E-state index is -1.95. The van der Waals surface area contributed by atoms with Crippen LogP contribution >= 0.6 is 0 Å². The molecule has 0 saturated heterocycles. The second kappa shape index (κ2) is 14.3. The standard InChI is InChI=1S/C13H24O6.Sn.Ti.4H/c1-6-16-12(17-7-2)11(15)13(10(5)14,18-8-3)19-9-4;;;;;;/h12H,6-9H2,1-5H3;;;;;;. The molecule has 0 fully saturated rings. The zero-order chi connectivity index (χ0) is 14.9. The number of rotatable bonds is 11. The molecule has 0 radical (unpaired) electrons. The number of hydrogen-bond donors (Lipinski definition) is 0. The van der Waals surface area contributed by atoms with Gasteiger partial charge in [0.1, 0.15) is 0 Å². The first-order valence-electron chi connectivity index (χ1n) is 6.56. The topological polar surface area (TPSA) is 71.1 Å². The summed E-state index contributed by atoms with van der Waals surface area (Å²) in [5, 5.41) is 0. The molecule has 0 amide bonds. The van der Waals surface area contributed by atoms with Gasteiger partial charge in [-0.15, -0.1) is 0 Å². The molecule has 0 aromatic heterocycles. The Labute approximate surface area is 158 Å². The molecule has 0 aromatic rings. The van der Waals surface area contributed by atoms with E-state index in [1.54, 1.807) is 27.7 Å². The Hall–Kier alpha value is 0.693. The van der Waals surface area contributed by atoms with Crippen LogP contribution in [0.15, 0.2) is 0 Å². The van der Waals surface area contributed by atoms with Crippen LogP contribution in [0.4, 0.5) is 0 Å². The van der Waals surface area contributed by atoms with Crippen LogP contribution in [0, 0.1) is 0 Å². The third-order valence-electron chi connectivity index (χ3n) is 2.33. The largest absolute Gasteiger partial charge is 0 e. The first-order valence-corrected chi connectivity index (χ1v) is 6.56. The molecule has 6 nitrogen and oxygen atoms in total. The molecule has 0 aliphatic rings. The average Bonchev–Trinajstić information content (AvgIpc) is 2.37. The molecule has 0 heterocycles. The maximum absolute atomic E-state index is 12.4. The maximum atomic E-state index is 12.4. The average molecular weight is 447 g/mol. The first-order chi connectivity index (χ1) is 8.99. The van der Waals surface area contributed by atoms with Crippen molar-refractivity contribution in [2.24, 2.45) is 0 Å². The fourth-order valence-corrected chi connectivity index (χ4v) is 1.62. The van der Waals surface area contributed by atoms with Gasteiger partial charge in [-0.3, -0.25) is 9.59 Å². The first kappa shape index (κ1) is 26.6. The summed E-state index contributed by atoms with van der Waals surface area (Å²) in [6, 6.07) is 0. The molecule has 0 aliphatic heterocycles. The van der Waals surface area contributed by atoms with Gasteiger partial charge in [-0.05, 0) is 27.7 Å². The van der Waals surface area contributed by atoms with Crippen LogP contribution in [0.25, 0.3) is 0 Å². The van der Waals surface area contributed by atoms with E-state index < -0.39 is 23.6 Å². The number of ketones is 2. The van der Waals surface area contributed by atoms with Crippen molar-refractivity contribution in [1.29, 1.82) is 0 Å². The Morgan fingerprint density at radius 2 is 1.29 bits per heavy atom. The summed E-state index contributed by atoms with van der Waals surface area (Å²) in [4.78, 5) is 24.3. The van der Waals surface area contributed by atoms with E-state index in [4.69, 9.17) is 18.9 Å². The van der Waals surface area contributed by atoms with E-state index in [2.05, 4.69) is 0 Å². The Balaban J connectivity index is -0.00000162. The van der Waals surface area contributed by atoms with E-state index in [1.165, 1.54) is 6.92 Å². The molecule has 0 N–H and O–H groups in total. The summed E-state index contributed by atoms with van der Waals surface area (Å²) >= 11 is 0. The van der Waals surface area contributed by atoms with Gasteiger partial charge >= 0.3 is 23.9 Å². The summed E-state index contributed by atoms with van der Waals surface area (Å²) in [5.41, 5.74) is 0. The number of hydrogen-bond acceptors (Lipinski definition) is 6. The zero-order valence-corrected chi connectivity index (χ0v) is 14.4. The van der Waals surface area contributed by atoms with Crippen LogP contribution in [-0.4, -0.2) is 74.0 Å². The molecule has 8 heteroatoms. The van der Waals surface area contributed by atoms with Gasteiger partial charge in [-0.2, -0.15) is 0 Å². The van der Waals surface area contributed by atoms with E-state index in [0.717, 1.165) is 0 Å². The van der Waals surface area contributed by atoms with E-state index in [0.29, 0.717) is 0 Å². The van der Waals surface area contributed by atoms with Gasteiger partial charge in [-0.1, -0.05) is 0 Å². The molecule has 0 rings (SSSR count). The second-order valence-corrected chi connectivity index (χ2v) is 3.65. The van der Waals surface area contributed by atoms with Gasteiger partial charge in [0.15, 0.2) is 5.78 Å². The Bertz CT molecular complexity index is 288. The summed E-state index contributed by atoms with van der Waals surface area (Å²) < 4.78 is 21.0. The van der Waals surface area contributed by atoms with Crippen LogP contribution in [0.5, 0.6) is 0 Å². The van der Waals surface area contributed by atoms with E-state index in [-0.39, 0.29) is 72.1 Å². The Morgan fingerprint density at radius 3 is 1.52 bits per heavy atom. The van der Waals surface area contributed by atoms with Gasteiger partial charge in [0.25, 0.3) is 11.6 Å². The van der Waals surface area contributed by atoms with Crippen LogP contribution in [0.1, 0.15) is 34.6 Å². The molecular formula is C13H28O6SnTi. The number of Topliss-reactive ketones (excluding diaryl/α,β-unsaturated/α-hetero) is 2. The molecule has 0 aromatic carbocycles. The number of ether oxygens (including phenoxy) is 4. The number of carbonyl (C=O) groups excluding carboxylic acids is 2. The maximum Gasteiger partial charge on any atom is 0 e. The van der Waals surface area contributed by atoms with Crippen LogP contribution in [-0.2, 0) is 50.3 Å². The molecule has 124 valence electrons. The van der Waals surface area contributed by atoms with E-state index >= 15 is 0 Å². The fourth-order valence-electron chi connectivity index (χ4n) is 1.62. The fraction of sp³-hybridized carbons (Fsp3) is 0.846. The molecule has 0 spiro atoms.